The SMILES string of the molecule is O=C(C[C@@H]1CCCO1)OC[C@@H]1CCN(c2ccccc2)C1. The van der Waals surface area contributed by atoms with E-state index in [1.807, 2.05) is 6.07 Å². The second-order valence-corrected chi connectivity index (χ2v) is 5.96. The van der Waals surface area contributed by atoms with Crippen molar-refractivity contribution in [3.05, 3.63) is 30.3 Å². The molecular weight excluding hydrogens is 266 g/mol. The summed E-state index contributed by atoms with van der Waals surface area (Å²) in [6, 6.07) is 10.4. The van der Waals surface area contributed by atoms with E-state index in [-0.39, 0.29) is 12.1 Å². The minimum absolute atomic E-state index is 0.0851. The van der Waals surface area contributed by atoms with Gasteiger partial charge in [-0.1, -0.05) is 18.2 Å². The second-order valence-electron chi connectivity index (χ2n) is 5.96. The molecule has 2 atom stereocenters. The summed E-state index contributed by atoms with van der Waals surface area (Å²) in [5.74, 6) is 0.332. The number of rotatable bonds is 5. The van der Waals surface area contributed by atoms with Gasteiger partial charge in [0.15, 0.2) is 0 Å². The first-order valence-electron chi connectivity index (χ1n) is 7.88. The van der Waals surface area contributed by atoms with Gasteiger partial charge in [-0.2, -0.15) is 0 Å². The van der Waals surface area contributed by atoms with Gasteiger partial charge in [0, 0.05) is 31.3 Å². The second kappa shape index (κ2) is 6.94. The Morgan fingerprint density at radius 3 is 2.90 bits per heavy atom. The normalized spacial score (nSPS) is 25.2. The van der Waals surface area contributed by atoms with Crippen LogP contribution >= 0.6 is 0 Å². The molecule has 2 fully saturated rings. The van der Waals surface area contributed by atoms with Gasteiger partial charge >= 0.3 is 5.97 Å². The Hall–Kier alpha value is -1.55. The van der Waals surface area contributed by atoms with Gasteiger partial charge in [0.1, 0.15) is 0 Å². The molecule has 0 radical (unpaired) electrons. The summed E-state index contributed by atoms with van der Waals surface area (Å²) in [4.78, 5) is 14.2. The molecule has 0 spiro atoms. The summed E-state index contributed by atoms with van der Waals surface area (Å²) in [6.45, 7) is 3.33. The fourth-order valence-electron chi connectivity index (χ4n) is 3.10. The molecule has 4 heteroatoms. The van der Waals surface area contributed by atoms with Gasteiger partial charge in [-0.3, -0.25) is 4.79 Å². The van der Waals surface area contributed by atoms with Crippen molar-refractivity contribution in [1.82, 2.24) is 0 Å². The van der Waals surface area contributed by atoms with Crippen molar-refractivity contribution in [2.75, 3.05) is 31.2 Å². The number of esters is 1. The van der Waals surface area contributed by atoms with Crippen molar-refractivity contribution in [3.63, 3.8) is 0 Å². The van der Waals surface area contributed by atoms with Crippen LogP contribution in [0.4, 0.5) is 5.69 Å². The maximum absolute atomic E-state index is 11.8. The van der Waals surface area contributed by atoms with Gasteiger partial charge in [-0.15, -0.1) is 0 Å². The highest BCUT2D eigenvalue weighted by Gasteiger charge is 2.25. The first kappa shape index (κ1) is 14.4. The number of para-hydroxylation sites is 1. The fourth-order valence-corrected chi connectivity index (χ4v) is 3.10. The summed E-state index contributed by atoms with van der Waals surface area (Å²) in [5, 5.41) is 0. The van der Waals surface area contributed by atoms with Gasteiger partial charge in [-0.25, -0.2) is 0 Å². The molecule has 0 bridgehead atoms. The van der Waals surface area contributed by atoms with Crippen molar-refractivity contribution in [1.29, 1.82) is 0 Å². The minimum atomic E-state index is -0.111. The van der Waals surface area contributed by atoms with Crippen LogP contribution in [-0.2, 0) is 14.3 Å². The number of anilines is 1. The van der Waals surface area contributed by atoms with E-state index in [9.17, 15) is 4.79 Å². The van der Waals surface area contributed by atoms with E-state index < -0.39 is 0 Å². The van der Waals surface area contributed by atoms with Crippen molar-refractivity contribution in [2.24, 2.45) is 5.92 Å². The molecule has 0 saturated carbocycles. The lowest BCUT2D eigenvalue weighted by molar-refractivity contribution is -0.147. The average Bonchev–Trinajstić information content (AvgIpc) is 3.17. The summed E-state index contributed by atoms with van der Waals surface area (Å²) < 4.78 is 10.9. The Morgan fingerprint density at radius 2 is 2.14 bits per heavy atom. The molecule has 0 N–H and O–H groups in total. The molecule has 0 amide bonds. The number of ether oxygens (including phenoxy) is 2. The maximum atomic E-state index is 11.8. The smallest absolute Gasteiger partial charge is 0.308 e. The van der Waals surface area contributed by atoms with Crippen molar-refractivity contribution < 1.29 is 14.3 Å². The molecular formula is C17H23NO3. The van der Waals surface area contributed by atoms with Crippen LogP contribution in [0.2, 0.25) is 0 Å². The van der Waals surface area contributed by atoms with Crippen LogP contribution in [-0.4, -0.2) is 38.4 Å². The zero-order chi connectivity index (χ0) is 14.5. The summed E-state index contributed by atoms with van der Waals surface area (Å²) in [5.41, 5.74) is 1.26. The molecule has 114 valence electrons. The fraction of sp³-hybridized carbons (Fsp3) is 0.588. The summed E-state index contributed by atoms with van der Waals surface area (Å²) in [6.07, 6.45) is 3.63. The molecule has 3 rings (SSSR count). The molecule has 2 aliphatic rings. The zero-order valence-electron chi connectivity index (χ0n) is 12.4. The third kappa shape index (κ3) is 3.97. The highest BCUT2D eigenvalue weighted by molar-refractivity contribution is 5.70. The molecule has 0 aliphatic carbocycles. The molecule has 4 nitrogen and oxygen atoms in total. The van der Waals surface area contributed by atoms with Gasteiger partial charge in [0.25, 0.3) is 0 Å². The number of hydrogen-bond donors (Lipinski definition) is 0. The van der Waals surface area contributed by atoms with Gasteiger partial charge in [0.05, 0.1) is 19.1 Å². The number of carbonyl (C=O) groups is 1. The Labute approximate surface area is 126 Å². The molecule has 2 heterocycles. The third-order valence-electron chi connectivity index (χ3n) is 4.31. The summed E-state index contributed by atoms with van der Waals surface area (Å²) >= 11 is 0. The molecule has 1 aromatic carbocycles. The summed E-state index contributed by atoms with van der Waals surface area (Å²) in [7, 11) is 0. The number of hydrogen-bond acceptors (Lipinski definition) is 4. The highest BCUT2D eigenvalue weighted by Crippen LogP contribution is 2.24. The molecule has 1 aromatic rings. The molecule has 0 unspecified atom stereocenters. The lowest BCUT2D eigenvalue weighted by atomic mass is 10.1. The highest BCUT2D eigenvalue weighted by atomic mass is 16.5. The topological polar surface area (TPSA) is 38.8 Å². The minimum Gasteiger partial charge on any atom is -0.465 e. The first-order chi connectivity index (χ1) is 10.3. The van der Waals surface area contributed by atoms with Crippen LogP contribution in [0.15, 0.2) is 30.3 Å². The quantitative estimate of drug-likeness (QED) is 0.781. The van der Waals surface area contributed by atoms with Crippen LogP contribution in [0.5, 0.6) is 0 Å². The van der Waals surface area contributed by atoms with Crippen LogP contribution in [0.3, 0.4) is 0 Å². The van der Waals surface area contributed by atoms with Crippen molar-refractivity contribution >= 4 is 11.7 Å². The van der Waals surface area contributed by atoms with E-state index in [0.29, 0.717) is 18.9 Å². The number of benzene rings is 1. The first-order valence-corrected chi connectivity index (χ1v) is 7.88. The van der Waals surface area contributed by atoms with Gasteiger partial charge < -0.3 is 14.4 Å². The molecule has 2 aliphatic heterocycles. The largest absolute Gasteiger partial charge is 0.465 e. The predicted molar refractivity (Wildman–Crippen MR) is 81.3 cm³/mol. The van der Waals surface area contributed by atoms with E-state index in [0.717, 1.165) is 39.0 Å². The van der Waals surface area contributed by atoms with E-state index in [4.69, 9.17) is 9.47 Å². The van der Waals surface area contributed by atoms with E-state index >= 15 is 0 Å². The van der Waals surface area contributed by atoms with Crippen LogP contribution in [0.1, 0.15) is 25.7 Å². The number of carbonyl (C=O) groups excluding carboxylic acids is 1. The van der Waals surface area contributed by atoms with E-state index in [1.54, 1.807) is 0 Å². The Morgan fingerprint density at radius 1 is 1.29 bits per heavy atom. The van der Waals surface area contributed by atoms with E-state index in [2.05, 4.69) is 29.2 Å². The van der Waals surface area contributed by atoms with Crippen LogP contribution < -0.4 is 4.90 Å². The Balaban J connectivity index is 1.39. The van der Waals surface area contributed by atoms with Crippen molar-refractivity contribution in [3.8, 4) is 0 Å². The monoisotopic (exact) mass is 289 g/mol. The molecule has 2 saturated heterocycles. The van der Waals surface area contributed by atoms with Crippen LogP contribution in [0, 0.1) is 5.92 Å². The average molecular weight is 289 g/mol. The number of nitrogens with zero attached hydrogens (tertiary/aromatic N) is 1. The van der Waals surface area contributed by atoms with Gasteiger partial charge in [-0.05, 0) is 31.4 Å². The van der Waals surface area contributed by atoms with E-state index in [1.165, 1.54) is 5.69 Å². The van der Waals surface area contributed by atoms with Crippen molar-refractivity contribution in [2.45, 2.75) is 31.8 Å². The Bertz CT molecular complexity index is 456. The third-order valence-corrected chi connectivity index (χ3v) is 4.31. The zero-order valence-corrected chi connectivity index (χ0v) is 12.4. The Kier molecular flexibility index (Phi) is 4.76. The lowest BCUT2D eigenvalue weighted by Gasteiger charge is -2.18. The van der Waals surface area contributed by atoms with Gasteiger partial charge in [0.2, 0.25) is 0 Å². The predicted octanol–water partition coefficient (Wildman–Crippen LogP) is 2.63. The standard InChI is InChI=1S/C17H23NO3/c19-17(11-16-7-4-10-20-16)21-13-14-8-9-18(12-14)15-5-2-1-3-6-15/h1-3,5-6,14,16H,4,7-13H2/t14-,16+/m1/s1. The van der Waals surface area contributed by atoms with Crippen LogP contribution in [0.25, 0.3) is 0 Å². The molecule has 21 heavy (non-hydrogen) atoms. The maximum Gasteiger partial charge on any atom is 0.308 e. The lowest BCUT2D eigenvalue weighted by Crippen LogP contribution is -2.23. The molecule has 0 aromatic heterocycles.